The van der Waals surface area contributed by atoms with Crippen LogP contribution in [0.4, 0.5) is 0 Å². The molecular weight excluding hydrogens is 264 g/mol. The van der Waals surface area contributed by atoms with Crippen LogP contribution in [0.2, 0.25) is 0 Å². The molecular formula is C18H20O3. The van der Waals surface area contributed by atoms with Crippen molar-refractivity contribution in [2.24, 2.45) is 0 Å². The highest BCUT2D eigenvalue weighted by molar-refractivity contribution is 5.46. The fourth-order valence-corrected chi connectivity index (χ4v) is 3.06. The van der Waals surface area contributed by atoms with E-state index in [1.165, 1.54) is 0 Å². The van der Waals surface area contributed by atoms with Crippen molar-refractivity contribution in [3.05, 3.63) is 58.7 Å². The molecule has 0 spiro atoms. The molecule has 21 heavy (non-hydrogen) atoms. The normalized spacial score (nSPS) is 18.0. The number of aliphatic hydroxyl groups is 1. The predicted octanol–water partition coefficient (Wildman–Crippen LogP) is 3.35. The maximum Gasteiger partial charge on any atom is 0.133 e. The predicted molar refractivity (Wildman–Crippen MR) is 82.0 cm³/mol. The van der Waals surface area contributed by atoms with Crippen molar-refractivity contribution in [2.45, 2.75) is 32.5 Å². The van der Waals surface area contributed by atoms with E-state index in [0.717, 1.165) is 33.8 Å². The molecule has 1 aliphatic rings. The SMILES string of the molecule is COc1cc(C)cc(C)c1C(O)C1Cc2ccccc2O1. The van der Waals surface area contributed by atoms with Gasteiger partial charge in [0.15, 0.2) is 0 Å². The second-order valence-corrected chi connectivity index (χ2v) is 5.61. The van der Waals surface area contributed by atoms with E-state index in [9.17, 15) is 5.11 Å². The first kappa shape index (κ1) is 14.0. The molecule has 0 saturated carbocycles. The highest BCUT2D eigenvalue weighted by Crippen LogP contribution is 2.38. The second kappa shape index (κ2) is 5.41. The third-order valence-electron chi connectivity index (χ3n) is 4.03. The average Bonchev–Trinajstić information content (AvgIpc) is 2.89. The maximum absolute atomic E-state index is 10.8. The molecule has 0 fully saturated rings. The Bertz CT molecular complexity index is 639. The number of aryl methyl sites for hydroxylation is 2. The molecule has 0 saturated heterocycles. The Kier molecular flexibility index (Phi) is 3.60. The lowest BCUT2D eigenvalue weighted by molar-refractivity contribution is 0.0470. The molecule has 0 amide bonds. The topological polar surface area (TPSA) is 38.7 Å². The lowest BCUT2D eigenvalue weighted by atomic mass is 9.94. The van der Waals surface area contributed by atoms with Crippen LogP contribution in [-0.2, 0) is 6.42 Å². The quantitative estimate of drug-likeness (QED) is 0.939. The number of rotatable bonds is 3. The van der Waals surface area contributed by atoms with Crippen molar-refractivity contribution in [1.82, 2.24) is 0 Å². The Morgan fingerprint density at radius 1 is 1.24 bits per heavy atom. The monoisotopic (exact) mass is 284 g/mol. The van der Waals surface area contributed by atoms with Crippen LogP contribution in [-0.4, -0.2) is 18.3 Å². The minimum absolute atomic E-state index is 0.266. The average molecular weight is 284 g/mol. The Morgan fingerprint density at radius 2 is 2.00 bits per heavy atom. The number of methoxy groups -OCH3 is 1. The highest BCUT2D eigenvalue weighted by Gasteiger charge is 2.32. The Hall–Kier alpha value is -2.00. The van der Waals surface area contributed by atoms with Gasteiger partial charge in [0.2, 0.25) is 0 Å². The van der Waals surface area contributed by atoms with Crippen molar-refractivity contribution in [3.63, 3.8) is 0 Å². The molecule has 2 unspecified atom stereocenters. The first-order valence-electron chi connectivity index (χ1n) is 7.18. The molecule has 0 aromatic heterocycles. The Morgan fingerprint density at radius 3 is 2.71 bits per heavy atom. The summed E-state index contributed by atoms with van der Waals surface area (Å²) in [4.78, 5) is 0. The third-order valence-corrected chi connectivity index (χ3v) is 4.03. The van der Waals surface area contributed by atoms with E-state index < -0.39 is 6.10 Å². The molecule has 3 heteroatoms. The highest BCUT2D eigenvalue weighted by atomic mass is 16.5. The van der Waals surface area contributed by atoms with Gasteiger partial charge in [0.1, 0.15) is 23.7 Å². The summed E-state index contributed by atoms with van der Waals surface area (Å²) in [6.07, 6.45) is -0.251. The van der Waals surface area contributed by atoms with Gasteiger partial charge < -0.3 is 14.6 Å². The Labute approximate surface area is 125 Å². The molecule has 2 aromatic rings. The van der Waals surface area contributed by atoms with Crippen LogP contribution in [0.3, 0.4) is 0 Å². The molecule has 3 rings (SSSR count). The summed E-state index contributed by atoms with van der Waals surface area (Å²) >= 11 is 0. The first-order chi connectivity index (χ1) is 10.1. The fourth-order valence-electron chi connectivity index (χ4n) is 3.06. The van der Waals surface area contributed by atoms with Crippen LogP contribution in [0, 0.1) is 13.8 Å². The zero-order chi connectivity index (χ0) is 15.0. The van der Waals surface area contributed by atoms with Crippen molar-refractivity contribution >= 4 is 0 Å². The summed E-state index contributed by atoms with van der Waals surface area (Å²) in [6.45, 7) is 4.02. The number of benzene rings is 2. The largest absolute Gasteiger partial charge is 0.496 e. The van der Waals surface area contributed by atoms with Crippen molar-refractivity contribution in [1.29, 1.82) is 0 Å². The van der Waals surface area contributed by atoms with E-state index in [1.807, 2.05) is 44.2 Å². The van der Waals surface area contributed by atoms with E-state index in [2.05, 4.69) is 6.07 Å². The van der Waals surface area contributed by atoms with Gasteiger partial charge in [0, 0.05) is 12.0 Å². The minimum atomic E-state index is -0.701. The van der Waals surface area contributed by atoms with Crippen LogP contribution in [0.15, 0.2) is 36.4 Å². The molecule has 1 heterocycles. The minimum Gasteiger partial charge on any atom is -0.496 e. The van der Waals surface area contributed by atoms with E-state index in [-0.39, 0.29) is 6.10 Å². The molecule has 0 radical (unpaired) electrons. The zero-order valence-corrected chi connectivity index (χ0v) is 12.6. The molecule has 1 N–H and O–H groups in total. The molecule has 2 atom stereocenters. The molecule has 110 valence electrons. The van der Waals surface area contributed by atoms with E-state index in [1.54, 1.807) is 7.11 Å². The van der Waals surface area contributed by atoms with Gasteiger partial charge in [-0.1, -0.05) is 24.3 Å². The Balaban J connectivity index is 1.92. The smallest absolute Gasteiger partial charge is 0.133 e. The van der Waals surface area contributed by atoms with Gasteiger partial charge >= 0.3 is 0 Å². The number of ether oxygens (including phenoxy) is 2. The van der Waals surface area contributed by atoms with Crippen LogP contribution < -0.4 is 9.47 Å². The molecule has 2 aromatic carbocycles. The lowest BCUT2D eigenvalue weighted by Gasteiger charge is -2.23. The van der Waals surface area contributed by atoms with E-state index in [0.29, 0.717) is 6.42 Å². The summed E-state index contributed by atoms with van der Waals surface area (Å²) in [7, 11) is 1.63. The maximum atomic E-state index is 10.8. The van der Waals surface area contributed by atoms with Gasteiger partial charge in [-0.25, -0.2) is 0 Å². The van der Waals surface area contributed by atoms with E-state index >= 15 is 0 Å². The van der Waals surface area contributed by atoms with Gasteiger partial charge in [0.05, 0.1) is 7.11 Å². The van der Waals surface area contributed by atoms with E-state index in [4.69, 9.17) is 9.47 Å². The number of fused-ring (bicyclic) bond motifs is 1. The summed E-state index contributed by atoms with van der Waals surface area (Å²) in [5.41, 5.74) is 4.11. The van der Waals surface area contributed by atoms with Gasteiger partial charge in [-0.3, -0.25) is 0 Å². The third kappa shape index (κ3) is 2.49. The number of para-hydroxylation sites is 1. The molecule has 3 nitrogen and oxygen atoms in total. The fraction of sp³-hybridized carbons (Fsp3) is 0.333. The number of hydrogen-bond donors (Lipinski definition) is 1. The van der Waals surface area contributed by atoms with Crippen molar-refractivity contribution < 1.29 is 14.6 Å². The van der Waals surface area contributed by atoms with Gasteiger partial charge in [-0.15, -0.1) is 0 Å². The van der Waals surface area contributed by atoms with Gasteiger partial charge in [-0.2, -0.15) is 0 Å². The van der Waals surface area contributed by atoms with Crippen LogP contribution >= 0.6 is 0 Å². The molecule has 0 aliphatic carbocycles. The van der Waals surface area contributed by atoms with Gasteiger partial charge in [-0.05, 0) is 42.7 Å². The van der Waals surface area contributed by atoms with Gasteiger partial charge in [0.25, 0.3) is 0 Å². The van der Waals surface area contributed by atoms with Crippen molar-refractivity contribution in [3.8, 4) is 11.5 Å². The number of aliphatic hydroxyl groups excluding tert-OH is 1. The lowest BCUT2D eigenvalue weighted by Crippen LogP contribution is -2.24. The zero-order valence-electron chi connectivity index (χ0n) is 12.6. The first-order valence-corrected chi connectivity index (χ1v) is 7.18. The molecule has 0 bridgehead atoms. The summed E-state index contributed by atoms with van der Waals surface area (Å²) in [5, 5.41) is 10.8. The summed E-state index contributed by atoms with van der Waals surface area (Å²) in [6, 6.07) is 11.9. The van der Waals surface area contributed by atoms with Crippen LogP contribution in [0.25, 0.3) is 0 Å². The van der Waals surface area contributed by atoms with Crippen LogP contribution in [0.5, 0.6) is 11.5 Å². The number of hydrogen-bond acceptors (Lipinski definition) is 3. The van der Waals surface area contributed by atoms with Crippen LogP contribution in [0.1, 0.15) is 28.4 Å². The standard InChI is InChI=1S/C18H20O3/c1-11-8-12(2)17(15(9-11)20-3)18(19)16-10-13-6-4-5-7-14(13)21-16/h4-9,16,18-19H,10H2,1-3H3. The summed E-state index contributed by atoms with van der Waals surface area (Å²) < 4.78 is 11.4. The second-order valence-electron chi connectivity index (χ2n) is 5.61. The van der Waals surface area contributed by atoms with Crippen molar-refractivity contribution in [2.75, 3.05) is 7.11 Å². The summed E-state index contributed by atoms with van der Waals surface area (Å²) in [5.74, 6) is 1.59. The molecule has 1 aliphatic heterocycles.